The summed E-state index contributed by atoms with van der Waals surface area (Å²) in [7, 11) is 1.99. The molecule has 3 heterocycles. The van der Waals surface area contributed by atoms with Crippen LogP contribution in [0.5, 0.6) is 0 Å². The third-order valence-corrected chi connectivity index (χ3v) is 3.80. The zero-order valence-electron chi connectivity index (χ0n) is 11.9. The van der Waals surface area contributed by atoms with Crippen molar-refractivity contribution in [3.05, 3.63) is 54.6 Å². The van der Waals surface area contributed by atoms with Gasteiger partial charge in [0.25, 0.3) is 6.33 Å². The Morgan fingerprint density at radius 3 is 2.86 bits per heavy atom. The summed E-state index contributed by atoms with van der Waals surface area (Å²) in [5, 5.41) is 1.04. The van der Waals surface area contributed by atoms with Crippen LogP contribution in [0, 0.1) is 6.92 Å². The van der Waals surface area contributed by atoms with Crippen LogP contribution in [0.3, 0.4) is 0 Å². The largest absolute Gasteiger partial charge is 0.454 e. The fraction of sp³-hybridized carbons (Fsp3) is 0.118. The Labute approximate surface area is 121 Å². The van der Waals surface area contributed by atoms with E-state index in [4.69, 9.17) is 4.42 Å². The van der Waals surface area contributed by atoms with Crippen molar-refractivity contribution in [3.63, 3.8) is 0 Å². The van der Waals surface area contributed by atoms with Gasteiger partial charge in [0, 0.05) is 17.6 Å². The van der Waals surface area contributed by atoms with Crippen molar-refractivity contribution in [2.24, 2.45) is 7.05 Å². The van der Waals surface area contributed by atoms with Crippen molar-refractivity contribution < 1.29 is 8.98 Å². The lowest BCUT2D eigenvalue weighted by atomic mass is 10.0. The van der Waals surface area contributed by atoms with E-state index in [1.807, 2.05) is 29.8 Å². The second-order valence-electron chi connectivity index (χ2n) is 5.16. The first-order valence-corrected chi connectivity index (χ1v) is 6.82. The molecule has 4 rings (SSSR count). The number of furan rings is 1. The summed E-state index contributed by atoms with van der Waals surface area (Å²) in [4.78, 5) is 8.59. The van der Waals surface area contributed by atoms with Crippen molar-refractivity contribution in [2.45, 2.75) is 6.92 Å². The van der Waals surface area contributed by atoms with Gasteiger partial charge in [-0.1, -0.05) is 11.1 Å². The van der Waals surface area contributed by atoms with Gasteiger partial charge in [-0.2, -0.15) is 0 Å². The first-order valence-electron chi connectivity index (χ1n) is 6.82. The van der Waals surface area contributed by atoms with Crippen LogP contribution in [0.4, 0.5) is 0 Å². The summed E-state index contributed by atoms with van der Waals surface area (Å²) >= 11 is 0. The Hall–Kier alpha value is -2.75. The molecular weight excluding hydrogens is 262 g/mol. The first-order chi connectivity index (χ1) is 10.3. The van der Waals surface area contributed by atoms with E-state index >= 15 is 0 Å². The summed E-state index contributed by atoms with van der Waals surface area (Å²) in [5.74, 6) is 0. The lowest BCUT2D eigenvalue weighted by molar-refractivity contribution is -0.663. The van der Waals surface area contributed by atoms with E-state index in [9.17, 15) is 0 Å². The molecule has 0 unspecified atom stereocenters. The van der Waals surface area contributed by atoms with E-state index in [0.717, 1.165) is 33.3 Å². The summed E-state index contributed by atoms with van der Waals surface area (Å²) in [6.45, 7) is 2.09. The van der Waals surface area contributed by atoms with E-state index < -0.39 is 0 Å². The van der Waals surface area contributed by atoms with Crippen LogP contribution in [0.15, 0.2) is 53.5 Å². The molecule has 0 saturated heterocycles. The monoisotopic (exact) mass is 276 g/mol. The van der Waals surface area contributed by atoms with Crippen LogP contribution in [-0.2, 0) is 7.05 Å². The number of fused-ring (bicyclic) bond motifs is 3. The number of hydrogen-bond donors (Lipinski definition) is 0. The quantitative estimate of drug-likeness (QED) is 0.501. The molecule has 0 aliphatic carbocycles. The number of hydrogen-bond acceptors (Lipinski definition) is 3. The molecule has 21 heavy (non-hydrogen) atoms. The summed E-state index contributed by atoms with van der Waals surface area (Å²) in [6, 6.07) is 10.0. The number of pyridine rings is 1. The maximum absolute atomic E-state index is 6.08. The van der Waals surface area contributed by atoms with E-state index in [1.54, 1.807) is 18.7 Å². The number of benzene rings is 1. The second-order valence-corrected chi connectivity index (χ2v) is 5.16. The maximum Gasteiger partial charge on any atom is 0.286 e. The van der Waals surface area contributed by atoms with Crippen LogP contribution in [0.25, 0.3) is 33.3 Å². The molecule has 0 saturated carbocycles. The molecule has 1 aromatic carbocycles. The topological polar surface area (TPSA) is 42.8 Å². The van der Waals surface area contributed by atoms with Crippen LogP contribution >= 0.6 is 0 Å². The van der Waals surface area contributed by atoms with Crippen molar-refractivity contribution in [1.29, 1.82) is 0 Å². The average molecular weight is 276 g/mol. The normalized spacial score (nSPS) is 11.3. The molecule has 0 fully saturated rings. The third-order valence-electron chi connectivity index (χ3n) is 3.80. The smallest absolute Gasteiger partial charge is 0.286 e. The van der Waals surface area contributed by atoms with Crippen molar-refractivity contribution in [1.82, 2.24) is 9.97 Å². The minimum absolute atomic E-state index is 0.816. The van der Waals surface area contributed by atoms with Crippen molar-refractivity contribution in [2.75, 3.05) is 0 Å². The highest BCUT2D eigenvalue weighted by Gasteiger charge is 2.18. The lowest BCUT2D eigenvalue weighted by Crippen LogP contribution is -2.31. The highest BCUT2D eigenvalue weighted by molar-refractivity contribution is 6.07. The summed E-state index contributed by atoms with van der Waals surface area (Å²) in [6.07, 6.45) is 5.40. The van der Waals surface area contributed by atoms with Gasteiger partial charge in [-0.15, -0.1) is 0 Å². The lowest BCUT2D eigenvalue weighted by Gasteiger charge is -2.06. The number of aromatic nitrogens is 3. The molecule has 0 bridgehead atoms. The summed E-state index contributed by atoms with van der Waals surface area (Å²) < 4.78 is 8.08. The van der Waals surface area contributed by atoms with Crippen LogP contribution in [-0.4, -0.2) is 9.97 Å². The highest BCUT2D eigenvalue weighted by Crippen LogP contribution is 2.35. The fourth-order valence-corrected chi connectivity index (χ4v) is 2.77. The SMILES string of the molecule is Cc1ccc2c(oc3cccnc32)c1-c1ccnc[n+]1C. The van der Waals surface area contributed by atoms with Crippen LogP contribution in [0.2, 0.25) is 0 Å². The minimum atomic E-state index is 0.816. The molecule has 3 aromatic heterocycles. The van der Waals surface area contributed by atoms with Gasteiger partial charge < -0.3 is 4.42 Å². The molecule has 0 spiro atoms. The van der Waals surface area contributed by atoms with Gasteiger partial charge in [0.15, 0.2) is 5.58 Å². The predicted octanol–water partition coefficient (Wildman–Crippen LogP) is 3.18. The van der Waals surface area contributed by atoms with Gasteiger partial charge in [0.2, 0.25) is 0 Å². The average Bonchev–Trinajstić information content (AvgIpc) is 2.87. The molecule has 102 valence electrons. The fourth-order valence-electron chi connectivity index (χ4n) is 2.77. The van der Waals surface area contributed by atoms with Gasteiger partial charge in [0.05, 0.1) is 12.6 Å². The molecule has 0 aliphatic rings. The molecule has 0 N–H and O–H groups in total. The Kier molecular flexibility index (Phi) is 2.51. The molecule has 0 radical (unpaired) electrons. The van der Waals surface area contributed by atoms with E-state index in [2.05, 4.69) is 29.0 Å². The van der Waals surface area contributed by atoms with Gasteiger partial charge in [0.1, 0.15) is 23.0 Å². The molecule has 4 aromatic rings. The zero-order valence-corrected chi connectivity index (χ0v) is 11.9. The Morgan fingerprint density at radius 1 is 1.10 bits per heavy atom. The van der Waals surface area contributed by atoms with Crippen LogP contribution in [0.1, 0.15) is 5.56 Å². The van der Waals surface area contributed by atoms with Gasteiger partial charge in [-0.25, -0.2) is 4.57 Å². The second kappa shape index (κ2) is 4.38. The predicted molar refractivity (Wildman–Crippen MR) is 80.7 cm³/mol. The maximum atomic E-state index is 6.08. The number of aryl methyl sites for hydroxylation is 2. The molecule has 4 nitrogen and oxygen atoms in total. The van der Waals surface area contributed by atoms with Crippen molar-refractivity contribution >= 4 is 22.1 Å². The zero-order chi connectivity index (χ0) is 14.4. The minimum Gasteiger partial charge on any atom is -0.454 e. The standard InChI is InChI=1S/C17H14N3O/c1-11-5-6-12-16-14(4-3-8-19-16)21-17(12)15(11)13-7-9-18-10-20(13)2/h3-10H,1-2H3/q+1. The van der Waals surface area contributed by atoms with Crippen molar-refractivity contribution in [3.8, 4) is 11.3 Å². The molecular formula is C17H14N3O+. The van der Waals surface area contributed by atoms with Crippen LogP contribution < -0.4 is 4.57 Å². The third kappa shape index (κ3) is 1.72. The molecule has 4 heteroatoms. The molecule has 0 atom stereocenters. The number of rotatable bonds is 1. The molecule has 0 amide bonds. The Balaban J connectivity index is 2.18. The summed E-state index contributed by atoms with van der Waals surface area (Å²) in [5.41, 5.74) is 5.94. The van der Waals surface area contributed by atoms with Gasteiger partial charge >= 0.3 is 0 Å². The van der Waals surface area contributed by atoms with E-state index in [-0.39, 0.29) is 0 Å². The van der Waals surface area contributed by atoms with Gasteiger partial charge in [-0.05, 0) is 30.7 Å². The van der Waals surface area contributed by atoms with Gasteiger partial charge in [-0.3, -0.25) is 4.98 Å². The first kappa shape index (κ1) is 12.0. The highest BCUT2D eigenvalue weighted by atomic mass is 16.3. The van der Waals surface area contributed by atoms with E-state index in [0.29, 0.717) is 0 Å². The Bertz CT molecular complexity index is 972. The number of nitrogens with zero attached hydrogens (tertiary/aromatic N) is 3. The Morgan fingerprint density at radius 2 is 2.00 bits per heavy atom. The molecule has 0 aliphatic heterocycles. The van der Waals surface area contributed by atoms with E-state index in [1.165, 1.54) is 5.56 Å².